The van der Waals surface area contributed by atoms with E-state index >= 15 is 0 Å². The first-order valence-electron chi connectivity index (χ1n) is 9.66. The number of aryl methyl sites for hydroxylation is 1. The zero-order valence-electron chi connectivity index (χ0n) is 16.0. The summed E-state index contributed by atoms with van der Waals surface area (Å²) < 4.78 is 19.9. The zero-order valence-corrected chi connectivity index (χ0v) is 16.0. The molecule has 3 rings (SSSR count). The molecule has 27 heavy (non-hydrogen) atoms. The molecule has 0 radical (unpaired) electrons. The van der Waals surface area contributed by atoms with Crippen molar-refractivity contribution >= 4 is 11.6 Å². The highest BCUT2D eigenvalue weighted by Crippen LogP contribution is 2.21. The van der Waals surface area contributed by atoms with Gasteiger partial charge in [-0.1, -0.05) is 38.1 Å². The number of hydrogen-bond acceptors (Lipinski definition) is 3. The first kappa shape index (κ1) is 19.2. The van der Waals surface area contributed by atoms with Crippen LogP contribution >= 0.6 is 0 Å². The van der Waals surface area contributed by atoms with Crippen molar-refractivity contribution in [2.75, 3.05) is 31.1 Å². The third-order valence-corrected chi connectivity index (χ3v) is 5.04. The van der Waals surface area contributed by atoms with Crippen LogP contribution in [0.15, 0.2) is 48.5 Å². The standard InChI is InChI=1S/C22H27FN2O2/c1-3-17-9-11-18(12-10-17)27-21(4-2)22(26)25-15-13-24(14-16-25)20-8-6-5-7-19(20)23/h5-12,21H,3-4,13-16H2,1-2H3. The minimum absolute atomic E-state index is 0.00486. The van der Waals surface area contributed by atoms with Gasteiger partial charge in [0.15, 0.2) is 6.10 Å². The van der Waals surface area contributed by atoms with Crippen LogP contribution in [0.1, 0.15) is 25.8 Å². The molecule has 4 nitrogen and oxygen atoms in total. The first-order valence-corrected chi connectivity index (χ1v) is 9.66. The number of rotatable bonds is 6. The molecule has 1 unspecified atom stereocenters. The maximum absolute atomic E-state index is 14.0. The van der Waals surface area contributed by atoms with E-state index in [0.717, 1.165) is 12.2 Å². The van der Waals surface area contributed by atoms with Gasteiger partial charge in [0.2, 0.25) is 0 Å². The van der Waals surface area contributed by atoms with Gasteiger partial charge in [0.1, 0.15) is 11.6 Å². The summed E-state index contributed by atoms with van der Waals surface area (Å²) in [5.41, 5.74) is 1.84. The van der Waals surface area contributed by atoms with E-state index in [1.807, 2.05) is 47.1 Å². The zero-order chi connectivity index (χ0) is 19.2. The van der Waals surface area contributed by atoms with Crippen LogP contribution < -0.4 is 9.64 Å². The minimum Gasteiger partial charge on any atom is -0.481 e. The maximum Gasteiger partial charge on any atom is 0.263 e. The Hall–Kier alpha value is -2.56. The van der Waals surface area contributed by atoms with Crippen LogP contribution in [0, 0.1) is 5.82 Å². The Labute approximate surface area is 160 Å². The fraction of sp³-hybridized carbons (Fsp3) is 0.409. The van der Waals surface area contributed by atoms with Gasteiger partial charge in [0.25, 0.3) is 5.91 Å². The SMILES string of the molecule is CCc1ccc(OC(CC)C(=O)N2CCN(c3ccccc3F)CC2)cc1. The lowest BCUT2D eigenvalue weighted by atomic mass is 10.1. The fourth-order valence-corrected chi connectivity index (χ4v) is 3.36. The van der Waals surface area contributed by atoms with Crippen LogP contribution in [0.2, 0.25) is 0 Å². The van der Waals surface area contributed by atoms with Crippen molar-refractivity contribution < 1.29 is 13.9 Å². The summed E-state index contributed by atoms with van der Waals surface area (Å²) in [7, 11) is 0. The smallest absolute Gasteiger partial charge is 0.263 e. The number of anilines is 1. The van der Waals surface area contributed by atoms with Crippen molar-refractivity contribution in [1.29, 1.82) is 0 Å². The van der Waals surface area contributed by atoms with Crippen LogP contribution in [0.25, 0.3) is 0 Å². The number of hydrogen-bond donors (Lipinski definition) is 0. The molecule has 0 N–H and O–H groups in total. The Balaban J connectivity index is 1.59. The van der Waals surface area contributed by atoms with Gasteiger partial charge in [0.05, 0.1) is 5.69 Å². The van der Waals surface area contributed by atoms with Crippen LogP contribution in [-0.2, 0) is 11.2 Å². The summed E-state index contributed by atoms with van der Waals surface area (Å²) in [4.78, 5) is 16.7. The van der Waals surface area contributed by atoms with E-state index in [2.05, 4.69) is 6.92 Å². The fourth-order valence-electron chi connectivity index (χ4n) is 3.36. The van der Waals surface area contributed by atoms with Crippen molar-refractivity contribution in [3.63, 3.8) is 0 Å². The monoisotopic (exact) mass is 370 g/mol. The highest BCUT2D eigenvalue weighted by Gasteiger charge is 2.28. The normalized spacial score (nSPS) is 15.5. The van der Waals surface area contributed by atoms with Crippen molar-refractivity contribution in [2.24, 2.45) is 0 Å². The van der Waals surface area contributed by atoms with E-state index in [9.17, 15) is 9.18 Å². The highest BCUT2D eigenvalue weighted by atomic mass is 19.1. The molecule has 0 aromatic heterocycles. The van der Waals surface area contributed by atoms with Crippen molar-refractivity contribution in [2.45, 2.75) is 32.8 Å². The molecule has 1 aliphatic rings. The number of halogens is 1. The van der Waals surface area contributed by atoms with Crippen LogP contribution in [0.3, 0.4) is 0 Å². The molecule has 1 atom stereocenters. The molecule has 144 valence electrons. The van der Waals surface area contributed by atoms with Gasteiger partial charge in [-0.2, -0.15) is 0 Å². The van der Waals surface area contributed by atoms with E-state index in [4.69, 9.17) is 4.74 Å². The Kier molecular flexibility index (Phi) is 6.32. The second-order valence-corrected chi connectivity index (χ2v) is 6.78. The second-order valence-electron chi connectivity index (χ2n) is 6.78. The van der Waals surface area contributed by atoms with Gasteiger partial charge < -0.3 is 14.5 Å². The van der Waals surface area contributed by atoms with E-state index in [1.165, 1.54) is 11.6 Å². The van der Waals surface area contributed by atoms with Crippen LogP contribution in [0.4, 0.5) is 10.1 Å². The predicted molar refractivity (Wildman–Crippen MR) is 106 cm³/mol. The maximum atomic E-state index is 14.0. The summed E-state index contributed by atoms with van der Waals surface area (Å²) in [6, 6.07) is 14.7. The van der Waals surface area contributed by atoms with Gasteiger partial charge in [-0.05, 0) is 42.7 Å². The number of carbonyl (C=O) groups is 1. The number of para-hydroxylation sites is 1. The third-order valence-electron chi connectivity index (χ3n) is 5.04. The molecule has 1 fully saturated rings. The third kappa shape index (κ3) is 4.59. The molecule has 1 saturated heterocycles. The quantitative estimate of drug-likeness (QED) is 0.773. The summed E-state index contributed by atoms with van der Waals surface area (Å²) in [5.74, 6) is 0.505. The lowest BCUT2D eigenvalue weighted by molar-refractivity contribution is -0.139. The summed E-state index contributed by atoms with van der Waals surface area (Å²) >= 11 is 0. The minimum atomic E-state index is -0.488. The number of benzene rings is 2. The molecule has 1 heterocycles. The largest absolute Gasteiger partial charge is 0.481 e. The average molecular weight is 370 g/mol. The summed E-state index contributed by atoms with van der Waals surface area (Å²) in [6.45, 7) is 6.44. The molecule has 5 heteroatoms. The van der Waals surface area contributed by atoms with Gasteiger partial charge >= 0.3 is 0 Å². The molecule has 1 amide bonds. The molecule has 0 aliphatic carbocycles. The van der Waals surface area contributed by atoms with E-state index in [-0.39, 0.29) is 11.7 Å². The number of ether oxygens (including phenoxy) is 1. The Morgan fingerprint density at radius 2 is 1.70 bits per heavy atom. The van der Waals surface area contributed by atoms with Gasteiger partial charge in [-0.15, -0.1) is 0 Å². The molecule has 1 aliphatic heterocycles. The highest BCUT2D eigenvalue weighted by molar-refractivity contribution is 5.81. The lowest BCUT2D eigenvalue weighted by Crippen LogP contribution is -2.52. The number of carbonyl (C=O) groups excluding carboxylic acids is 1. The molecule has 0 bridgehead atoms. The lowest BCUT2D eigenvalue weighted by Gasteiger charge is -2.37. The molecular formula is C22H27FN2O2. The van der Waals surface area contributed by atoms with E-state index < -0.39 is 6.10 Å². The second kappa shape index (κ2) is 8.89. The number of amides is 1. The molecule has 2 aromatic rings. The number of nitrogens with zero attached hydrogens (tertiary/aromatic N) is 2. The van der Waals surface area contributed by atoms with Crippen molar-refractivity contribution in [3.8, 4) is 5.75 Å². The van der Waals surface area contributed by atoms with E-state index in [0.29, 0.717) is 38.3 Å². The summed E-state index contributed by atoms with van der Waals surface area (Å²) in [6.07, 6.45) is 1.10. The van der Waals surface area contributed by atoms with Crippen molar-refractivity contribution in [3.05, 3.63) is 59.9 Å². The average Bonchev–Trinajstić information content (AvgIpc) is 2.72. The topological polar surface area (TPSA) is 32.8 Å². The van der Waals surface area contributed by atoms with Crippen LogP contribution in [-0.4, -0.2) is 43.1 Å². The molecule has 0 spiro atoms. The van der Waals surface area contributed by atoms with Gasteiger partial charge in [-0.25, -0.2) is 4.39 Å². The Morgan fingerprint density at radius 3 is 2.30 bits per heavy atom. The Morgan fingerprint density at radius 1 is 1.04 bits per heavy atom. The summed E-state index contributed by atoms with van der Waals surface area (Å²) in [5, 5.41) is 0. The van der Waals surface area contributed by atoms with Gasteiger partial charge in [-0.3, -0.25) is 4.79 Å². The molecule has 0 saturated carbocycles. The first-order chi connectivity index (χ1) is 13.1. The van der Waals surface area contributed by atoms with Crippen molar-refractivity contribution in [1.82, 2.24) is 4.90 Å². The van der Waals surface area contributed by atoms with Gasteiger partial charge in [0, 0.05) is 26.2 Å². The molecule has 2 aromatic carbocycles. The van der Waals surface area contributed by atoms with Crippen LogP contribution in [0.5, 0.6) is 5.75 Å². The van der Waals surface area contributed by atoms with E-state index in [1.54, 1.807) is 12.1 Å². The predicted octanol–water partition coefficient (Wildman–Crippen LogP) is 3.89. The molecular weight excluding hydrogens is 343 g/mol. The number of piperazine rings is 1. The Bertz CT molecular complexity index is 755.